The van der Waals surface area contributed by atoms with E-state index in [2.05, 4.69) is 42.5 Å². The Balaban J connectivity index is 2.35. The molecule has 0 heterocycles. The van der Waals surface area contributed by atoms with Gasteiger partial charge in [0.05, 0.1) is 0 Å². The predicted octanol–water partition coefficient (Wildman–Crippen LogP) is 4.37. The zero-order valence-corrected chi connectivity index (χ0v) is 8.78. The van der Waals surface area contributed by atoms with Crippen molar-refractivity contribution in [3.8, 4) is 0 Å². The molecule has 1 radical (unpaired) electrons. The van der Waals surface area contributed by atoms with E-state index < -0.39 is 0 Å². The largest absolute Gasteiger partial charge is 0.0882 e. The SMILES string of the molecule is [C]1=CCC=CCCCCC=CCC=C1. The molecule has 0 unspecified atom stereocenters. The summed E-state index contributed by atoms with van der Waals surface area (Å²) in [7, 11) is 0. The molecule has 0 aromatic rings. The lowest BCUT2D eigenvalue weighted by Crippen LogP contribution is -1.73. The topological polar surface area (TPSA) is 0 Å². The van der Waals surface area contributed by atoms with E-state index in [1.165, 1.54) is 25.7 Å². The van der Waals surface area contributed by atoms with Gasteiger partial charge in [-0.05, 0) is 44.6 Å². The fourth-order valence-corrected chi connectivity index (χ4v) is 1.37. The predicted molar refractivity (Wildman–Crippen MR) is 62.9 cm³/mol. The highest BCUT2D eigenvalue weighted by molar-refractivity contribution is 5.01. The Kier molecular flexibility index (Phi) is 6.74. The van der Waals surface area contributed by atoms with Crippen molar-refractivity contribution in [1.82, 2.24) is 0 Å². The summed E-state index contributed by atoms with van der Waals surface area (Å²) in [4.78, 5) is 0. The molecule has 0 bridgehead atoms. The van der Waals surface area contributed by atoms with Crippen LogP contribution >= 0.6 is 0 Å². The van der Waals surface area contributed by atoms with Crippen molar-refractivity contribution >= 4 is 0 Å². The Hall–Kier alpha value is -1.04. The van der Waals surface area contributed by atoms with E-state index in [9.17, 15) is 0 Å². The molecule has 0 spiro atoms. The van der Waals surface area contributed by atoms with Gasteiger partial charge in [0.15, 0.2) is 0 Å². The van der Waals surface area contributed by atoms with E-state index in [1.807, 2.05) is 6.08 Å². The second-order valence-corrected chi connectivity index (χ2v) is 3.47. The molecule has 0 atom stereocenters. The van der Waals surface area contributed by atoms with Crippen LogP contribution in [0.1, 0.15) is 38.5 Å². The van der Waals surface area contributed by atoms with Gasteiger partial charge in [0.25, 0.3) is 0 Å². The number of allylic oxidation sites excluding steroid dienone is 8. The van der Waals surface area contributed by atoms with Crippen molar-refractivity contribution in [2.45, 2.75) is 38.5 Å². The standard InChI is InChI=1S/C14H19/c1-2-4-6-8-10-12-14-13-11-9-7-5-3-1/h1-2,5,7,11-12,14H,3-4,6,8,10,13H2. The van der Waals surface area contributed by atoms with Crippen LogP contribution in [0.2, 0.25) is 0 Å². The Morgan fingerprint density at radius 3 is 2.21 bits per heavy atom. The van der Waals surface area contributed by atoms with Crippen LogP contribution < -0.4 is 0 Å². The fraction of sp³-hybridized carbons (Fsp3) is 0.429. The number of hydrogen-bond acceptors (Lipinski definition) is 0. The van der Waals surface area contributed by atoms with Gasteiger partial charge in [-0.3, -0.25) is 0 Å². The van der Waals surface area contributed by atoms with Crippen molar-refractivity contribution < 1.29 is 0 Å². The molecule has 0 aliphatic heterocycles. The molecule has 75 valence electrons. The maximum atomic E-state index is 3.15. The maximum Gasteiger partial charge on any atom is -0.0160 e. The molecular formula is C14H19. The highest BCUT2D eigenvalue weighted by Crippen LogP contribution is 2.03. The summed E-state index contributed by atoms with van der Waals surface area (Å²) in [5.41, 5.74) is 0. The molecule has 1 aliphatic rings. The van der Waals surface area contributed by atoms with Crippen molar-refractivity contribution in [2.24, 2.45) is 0 Å². The van der Waals surface area contributed by atoms with Crippen molar-refractivity contribution in [1.29, 1.82) is 0 Å². The lowest BCUT2D eigenvalue weighted by molar-refractivity contribution is 0.760. The van der Waals surface area contributed by atoms with Crippen LogP contribution in [0.4, 0.5) is 0 Å². The third-order valence-corrected chi connectivity index (χ3v) is 2.18. The molecule has 0 fully saturated rings. The fourth-order valence-electron chi connectivity index (χ4n) is 1.37. The van der Waals surface area contributed by atoms with Gasteiger partial charge in [0.1, 0.15) is 0 Å². The number of hydrogen-bond donors (Lipinski definition) is 0. The quantitative estimate of drug-likeness (QED) is 0.494. The normalized spacial score (nSPS) is 19.4. The van der Waals surface area contributed by atoms with Crippen molar-refractivity contribution in [2.75, 3.05) is 0 Å². The van der Waals surface area contributed by atoms with Crippen LogP contribution in [0.5, 0.6) is 0 Å². The molecule has 0 aromatic carbocycles. The minimum atomic E-state index is 1.01. The van der Waals surface area contributed by atoms with Crippen LogP contribution in [-0.4, -0.2) is 0 Å². The van der Waals surface area contributed by atoms with E-state index in [-0.39, 0.29) is 0 Å². The molecule has 14 heavy (non-hydrogen) atoms. The van der Waals surface area contributed by atoms with Crippen molar-refractivity contribution in [3.05, 3.63) is 48.6 Å². The summed E-state index contributed by atoms with van der Waals surface area (Å²) in [6, 6.07) is 0. The Morgan fingerprint density at radius 2 is 1.43 bits per heavy atom. The van der Waals surface area contributed by atoms with E-state index in [0.29, 0.717) is 0 Å². The van der Waals surface area contributed by atoms with Crippen LogP contribution in [-0.2, 0) is 0 Å². The Morgan fingerprint density at radius 1 is 0.714 bits per heavy atom. The summed E-state index contributed by atoms with van der Waals surface area (Å²) in [5.74, 6) is 0. The van der Waals surface area contributed by atoms with Gasteiger partial charge in [-0.15, -0.1) is 0 Å². The summed E-state index contributed by atoms with van der Waals surface area (Å²) < 4.78 is 0. The molecule has 0 amide bonds. The molecule has 0 saturated heterocycles. The van der Waals surface area contributed by atoms with E-state index in [0.717, 1.165) is 12.8 Å². The third-order valence-electron chi connectivity index (χ3n) is 2.18. The summed E-state index contributed by atoms with van der Waals surface area (Å²) in [6.07, 6.45) is 25.5. The first-order valence-electron chi connectivity index (χ1n) is 5.53. The van der Waals surface area contributed by atoms with Gasteiger partial charge in [-0.25, -0.2) is 0 Å². The van der Waals surface area contributed by atoms with Crippen LogP contribution in [0.3, 0.4) is 0 Å². The monoisotopic (exact) mass is 187 g/mol. The van der Waals surface area contributed by atoms with Gasteiger partial charge < -0.3 is 0 Å². The molecule has 0 aromatic heterocycles. The average molecular weight is 187 g/mol. The van der Waals surface area contributed by atoms with E-state index in [1.54, 1.807) is 0 Å². The molecule has 0 nitrogen and oxygen atoms in total. The zero-order chi connectivity index (χ0) is 9.90. The van der Waals surface area contributed by atoms with Gasteiger partial charge in [0, 0.05) is 0 Å². The van der Waals surface area contributed by atoms with Gasteiger partial charge in [0.2, 0.25) is 0 Å². The lowest BCUT2D eigenvalue weighted by atomic mass is 10.1. The third kappa shape index (κ3) is 6.47. The molecule has 0 N–H and O–H groups in total. The number of rotatable bonds is 0. The Bertz CT molecular complexity index is 202. The minimum absolute atomic E-state index is 1.01. The summed E-state index contributed by atoms with van der Waals surface area (Å²) in [5, 5.41) is 0. The molecule has 1 rings (SSSR count). The Labute approximate surface area is 87.7 Å². The zero-order valence-electron chi connectivity index (χ0n) is 8.78. The molecular weight excluding hydrogens is 168 g/mol. The van der Waals surface area contributed by atoms with Crippen LogP contribution in [0.25, 0.3) is 0 Å². The van der Waals surface area contributed by atoms with E-state index >= 15 is 0 Å². The highest BCUT2D eigenvalue weighted by atomic mass is 13.9. The van der Waals surface area contributed by atoms with Crippen LogP contribution in [0, 0.1) is 6.08 Å². The maximum absolute atomic E-state index is 3.15. The highest BCUT2D eigenvalue weighted by Gasteiger charge is 1.83. The molecule has 1 aliphatic carbocycles. The lowest BCUT2D eigenvalue weighted by Gasteiger charge is -1.93. The average Bonchev–Trinajstić information content (AvgIpc) is 2.22. The first-order valence-corrected chi connectivity index (χ1v) is 5.53. The van der Waals surface area contributed by atoms with Gasteiger partial charge >= 0.3 is 0 Å². The smallest absolute Gasteiger partial charge is 0.0160 e. The van der Waals surface area contributed by atoms with Gasteiger partial charge in [-0.1, -0.05) is 42.5 Å². The molecule has 0 saturated carbocycles. The minimum Gasteiger partial charge on any atom is -0.0882 e. The van der Waals surface area contributed by atoms with Gasteiger partial charge in [-0.2, -0.15) is 0 Å². The second kappa shape index (κ2) is 8.55. The first kappa shape index (κ1) is 11.0. The van der Waals surface area contributed by atoms with Crippen molar-refractivity contribution in [3.63, 3.8) is 0 Å². The summed E-state index contributed by atoms with van der Waals surface area (Å²) in [6.45, 7) is 0. The second-order valence-electron chi connectivity index (χ2n) is 3.47. The summed E-state index contributed by atoms with van der Waals surface area (Å²) >= 11 is 0. The first-order chi connectivity index (χ1) is 7.00. The van der Waals surface area contributed by atoms with E-state index in [4.69, 9.17) is 0 Å². The molecule has 0 heteroatoms. The van der Waals surface area contributed by atoms with Crippen LogP contribution in [0.15, 0.2) is 42.5 Å².